The Labute approximate surface area is 181 Å². The molecule has 0 saturated heterocycles. The molecular formula is C26H24N4O. The number of anilines is 1. The number of benzene rings is 3. The summed E-state index contributed by atoms with van der Waals surface area (Å²) in [5.74, 6) is 0.723. The van der Waals surface area contributed by atoms with Crippen molar-refractivity contribution in [2.75, 3.05) is 5.32 Å². The SMILES string of the molecule is Cc1cc2nc(NC(C)C(O)(c3ccccc3)c3ccccc3)c3ccccc3n2n1. The zero-order valence-corrected chi connectivity index (χ0v) is 17.5. The molecule has 2 aromatic heterocycles. The maximum absolute atomic E-state index is 12.1. The highest BCUT2D eigenvalue weighted by atomic mass is 16.3. The highest BCUT2D eigenvalue weighted by Crippen LogP contribution is 2.35. The molecular weight excluding hydrogens is 384 g/mol. The molecule has 5 heteroatoms. The fourth-order valence-electron chi connectivity index (χ4n) is 4.25. The quantitative estimate of drug-likeness (QED) is 0.433. The van der Waals surface area contributed by atoms with Crippen LogP contribution >= 0.6 is 0 Å². The van der Waals surface area contributed by atoms with E-state index < -0.39 is 5.60 Å². The van der Waals surface area contributed by atoms with E-state index in [0.29, 0.717) is 0 Å². The third kappa shape index (κ3) is 3.23. The molecule has 5 nitrogen and oxygen atoms in total. The molecule has 154 valence electrons. The largest absolute Gasteiger partial charge is 0.378 e. The summed E-state index contributed by atoms with van der Waals surface area (Å²) in [6.45, 7) is 3.95. The van der Waals surface area contributed by atoms with Gasteiger partial charge in [-0.15, -0.1) is 0 Å². The van der Waals surface area contributed by atoms with Gasteiger partial charge in [-0.25, -0.2) is 9.50 Å². The molecule has 0 bridgehead atoms. The van der Waals surface area contributed by atoms with Crippen LogP contribution in [0.3, 0.4) is 0 Å². The van der Waals surface area contributed by atoms with Crippen LogP contribution in [-0.4, -0.2) is 25.7 Å². The van der Waals surface area contributed by atoms with Crippen molar-refractivity contribution in [2.24, 2.45) is 0 Å². The molecule has 0 aliphatic heterocycles. The fourth-order valence-corrected chi connectivity index (χ4v) is 4.25. The van der Waals surface area contributed by atoms with Crippen molar-refractivity contribution in [3.05, 3.63) is 108 Å². The molecule has 1 atom stereocenters. The Morgan fingerprint density at radius 3 is 2.10 bits per heavy atom. The van der Waals surface area contributed by atoms with Crippen LogP contribution in [0.15, 0.2) is 91.0 Å². The van der Waals surface area contributed by atoms with Crippen LogP contribution in [0.2, 0.25) is 0 Å². The van der Waals surface area contributed by atoms with E-state index in [-0.39, 0.29) is 6.04 Å². The predicted octanol–water partition coefficient (Wildman–Crippen LogP) is 4.93. The Bertz CT molecular complexity index is 1310. The second-order valence-corrected chi connectivity index (χ2v) is 7.90. The van der Waals surface area contributed by atoms with Gasteiger partial charge in [0.2, 0.25) is 0 Å². The first kappa shape index (κ1) is 19.3. The molecule has 31 heavy (non-hydrogen) atoms. The Hall–Kier alpha value is -3.70. The minimum atomic E-state index is -1.24. The van der Waals surface area contributed by atoms with Crippen molar-refractivity contribution < 1.29 is 5.11 Å². The summed E-state index contributed by atoms with van der Waals surface area (Å²) in [6, 6.07) is 29.2. The van der Waals surface area contributed by atoms with E-state index in [1.54, 1.807) is 0 Å². The lowest BCUT2D eigenvalue weighted by atomic mass is 9.81. The third-order valence-corrected chi connectivity index (χ3v) is 5.83. The molecule has 1 unspecified atom stereocenters. The number of aliphatic hydroxyl groups is 1. The summed E-state index contributed by atoms with van der Waals surface area (Å²) in [6.07, 6.45) is 0. The average Bonchev–Trinajstić information content (AvgIpc) is 3.20. The summed E-state index contributed by atoms with van der Waals surface area (Å²) in [7, 11) is 0. The van der Waals surface area contributed by atoms with E-state index in [1.165, 1.54) is 0 Å². The van der Waals surface area contributed by atoms with Crippen molar-refractivity contribution >= 4 is 22.4 Å². The van der Waals surface area contributed by atoms with Crippen molar-refractivity contribution in [1.82, 2.24) is 14.6 Å². The van der Waals surface area contributed by atoms with Crippen LogP contribution < -0.4 is 5.32 Å². The number of fused-ring (bicyclic) bond motifs is 3. The van der Waals surface area contributed by atoms with Crippen LogP contribution in [0, 0.1) is 6.92 Å². The molecule has 2 N–H and O–H groups in total. The summed E-state index contributed by atoms with van der Waals surface area (Å²) < 4.78 is 1.86. The zero-order chi connectivity index (χ0) is 21.4. The summed E-state index contributed by atoms with van der Waals surface area (Å²) in [4.78, 5) is 4.84. The van der Waals surface area contributed by atoms with Gasteiger partial charge in [-0.05, 0) is 37.1 Å². The predicted molar refractivity (Wildman–Crippen MR) is 124 cm³/mol. The molecule has 3 aromatic carbocycles. The second-order valence-electron chi connectivity index (χ2n) is 7.90. The van der Waals surface area contributed by atoms with Crippen molar-refractivity contribution in [3.8, 4) is 0 Å². The van der Waals surface area contributed by atoms with Gasteiger partial charge < -0.3 is 10.4 Å². The zero-order valence-electron chi connectivity index (χ0n) is 17.5. The normalized spacial score (nSPS) is 12.9. The highest BCUT2D eigenvalue weighted by molar-refractivity contribution is 5.91. The maximum atomic E-state index is 12.1. The average molecular weight is 409 g/mol. The fraction of sp³-hybridized carbons (Fsp3) is 0.154. The number of hydrogen-bond donors (Lipinski definition) is 2. The first-order chi connectivity index (χ1) is 15.1. The van der Waals surface area contributed by atoms with Crippen LogP contribution in [-0.2, 0) is 5.60 Å². The molecule has 2 heterocycles. The van der Waals surface area contributed by atoms with Crippen LogP contribution in [0.25, 0.3) is 16.6 Å². The molecule has 0 amide bonds. The first-order valence-corrected chi connectivity index (χ1v) is 10.4. The lowest BCUT2D eigenvalue weighted by molar-refractivity contribution is 0.0646. The molecule has 0 radical (unpaired) electrons. The lowest BCUT2D eigenvalue weighted by Crippen LogP contribution is -2.43. The molecule has 0 saturated carbocycles. The number of nitrogens with zero attached hydrogens (tertiary/aromatic N) is 3. The number of aryl methyl sites for hydroxylation is 1. The molecule has 5 aromatic rings. The lowest BCUT2D eigenvalue weighted by Gasteiger charge is -2.36. The van der Waals surface area contributed by atoms with Crippen LogP contribution in [0.4, 0.5) is 5.82 Å². The van der Waals surface area contributed by atoms with Crippen molar-refractivity contribution in [1.29, 1.82) is 0 Å². The summed E-state index contributed by atoms with van der Waals surface area (Å²) >= 11 is 0. The Morgan fingerprint density at radius 2 is 1.45 bits per heavy atom. The van der Waals surface area contributed by atoms with Crippen LogP contribution in [0.1, 0.15) is 23.7 Å². The Kier molecular flexibility index (Phi) is 4.68. The topological polar surface area (TPSA) is 62.5 Å². The first-order valence-electron chi connectivity index (χ1n) is 10.4. The Balaban J connectivity index is 1.65. The summed E-state index contributed by atoms with van der Waals surface area (Å²) in [5, 5.41) is 21.1. The Morgan fingerprint density at radius 1 is 0.871 bits per heavy atom. The van der Waals surface area contributed by atoms with Gasteiger partial charge in [0.25, 0.3) is 0 Å². The van der Waals surface area contributed by atoms with Gasteiger partial charge in [0.15, 0.2) is 5.65 Å². The molecule has 0 aliphatic carbocycles. The van der Waals surface area contributed by atoms with Gasteiger partial charge in [-0.1, -0.05) is 72.8 Å². The van der Waals surface area contributed by atoms with Gasteiger partial charge in [0.05, 0.1) is 17.3 Å². The minimum Gasteiger partial charge on any atom is -0.378 e. The number of para-hydroxylation sites is 1. The van der Waals surface area contributed by atoms with E-state index in [1.807, 2.05) is 109 Å². The monoisotopic (exact) mass is 408 g/mol. The number of nitrogens with one attached hydrogen (secondary N) is 1. The van der Waals surface area contributed by atoms with Gasteiger partial charge in [-0.2, -0.15) is 5.10 Å². The van der Waals surface area contributed by atoms with Gasteiger partial charge >= 0.3 is 0 Å². The highest BCUT2D eigenvalue weighted by Gasteiger charge is 2.38. The standard InChI is InChI=1S/C26H24N4O/c1-18-17-24-28-25(22-15-9-10-16-23(22)30(24)29-18)27-19(2)26(31,20-11-5-3-6-12-20)21-13-7-4-8-14-21/h3-17,19,31H,1-2H3,(H,27,28). The molecule has 5 rings (SSSR count). The number of rotatable bonds is 5. The third-order valence-electron chi connectivity index (χ3n) is 5.83. The summed E-state index contributed by atoms with van der Waals surface area (Å²) in [5.41, 5.74) is 3.06. The smallest absolute Gasteiger partial charge is 0.158 e. The van der Waals surface area contributed by atoms with E-state index in [4.69, 9.17) is 4.98 Å². The molecule has 0 aliphatic rings. The van der Waals surface area contributed by atoms with Gasteiger partial charge in [-0.3, -0.25) is 0 Å². The van der Waals surface area contributed by atoms with E-state index >= 15 is 0 Å². The van der Waals surface area contributed by atoms with Gasteiger partial charge in [0.1, 0.15) is 11.4 Å². The van der Waals surface area contributed by atoms with E-state index in [2.05, 4.69) is 10.4 Å². The maximum Gasteiger partial charge on any atom is 0.158 e. The number of hydrogen-bond acceptors (Lipinski definition) is 4. The van der Waals surface area contributed by atoms with E-state index in [0.717, 1.165) is 39.2 Å². The molecule has 0 spiro atoms. The van der Waals surface area contributed by atoms with Crippen molar-refractivity contribution in [2.45, 2.75) is 25.5 Å². The van der Waals surface area contributed by atoms with Crippen molar-refractivity contribution in [3.63, 3.8) is 0 Å². The van der Waals surface area contributed by atoms with E-state index in [9.17, 15) is 5.11 Å². The van der Waals surface area contributed by atoms with Crippen LogP contribution in [0.5, 0.6) is 0 Å². The molecule has 0 fully saturated rings. The second kappa shape index (κ2) is 7.52. The number of aromatic nitrogens is 3. The minimum absolute atomic E-state index is 0.361. The van der Waals surface area contributed by atoms with Gasteiger partial charge in [0, 0.05) is 11.5 Å².